The maximum absolute atomic E-state index is 12.7. The predicted octanol–water partition coefficient (Wildman–Crippen LogP) is 3.93. The lowest BCUT2D eigenvalue weighted by molar-refractivity contribution is -0.134. The SMILES string of the molecule is COc1cccc(C(CNC(=O)C(C)(C)Oc2ccc(Cl)cc2)N(C)C)c1. The van der Waals surface area contributed by atoms with Gasteiger partial charge in [-0.15, -0.1) is 0 Å². The van der Waals surface area contributed by atoms with E-state index in [0.29, 0.717) is 17.3 Å². The van der Waals surface area contributed by atoms with E-state index >= 15 is 0 Å². The molecule has 2 rings (SSSR count). The van der Waals surface area contributed by atoms with E-state index in [0.717, 1.165) is 11.3 Å². The number of rotatable bonds is 8. The van der Waals surface area contributed by atoms with Gasteiger partial charge in [-0.2, -0.15) is 0 Å². The molecule has 1 amide bonds. The Morgan fingerprint density at radius 3 is 2.41 bits per heavy atom. The molecule has 0 saturated heterocycles. The summed E-state index contributed by atoms with van der Waals surface area (Å²) in [6.07, 6.45) is 0. The summed E-state index contributed by atoms with van der Waals surface area (Å²) in [4.78, 5) is 14.8. The molecule has 2 aromatic rings. The largest absolute Gasteiger partial charge is 0.497 e. The second-order valence-corrected chi connectivity index (χ2v) is 7.47. The fourth-order valence-corrected chi connectivity index (χ4v) is 2.82. The highest BCUT2D eigenvalue weighted by atomic mass is 35.5. The van der Waals surface area contributed by atoms with Gasteiger partial charge in [0.1, 0.15) is 11.5 Å². The second-order valence-electron chi connectivity index (χ2n) is 7.03. The Labute approximate surface area is 166 Å². The van der Waals surface area contributed by atoms with Gasteiger partial charge >= 0.3 is 0 Å². The summed E-state index contributed by atoms with van der Waals surface area (Å²) in [7, 11) is 5.60. The highest BCUT2D eigenvalue weighted by Gasteiger charge is 2.30. The first-order valence-corrected chi connectivity index (χ1v) is 9.14. The number of carbonyl (C=O) groups excluding carboxylic acids is 1. The van der Waals surface area contributed by atoms with Gasteiger partial charge in [-0.05, 0) is 69.9 Å². The number of carbonyl (C=O) groups is 1. The molecule has 0 aliphatic rings. The average molecular weight is 391 g/mol. The summed E-state index contributed by atoms with van der Waals surface area (Å²) in [6.45, 7) is 3.94. The van der Waals surface area contributed by atoms with Crippen LogP contribution in [0.2, 0.25) is 5.02 Å². The van der Waals surface area contributed by atoms with Crippen molar-refractivity contribution in [3.05, 3.63) is 59.1 Å². The average Bonchev–Trinajstić information content (AvgIpc) is 2.63. The van der Waals surface area contributed by atoms with Crippen LogP contribution in [0.15, 0.2) is 48.5 Å². The van der Waals surface area contributed by atoms with Gasteiger partial charge in [-0.1, -0.05) is 23.7 Å². The first kappa shape index (κ1) is 21.1. The van der Waals surface area contributed by atoms with Crippen molar-refractivity contribution in [1.82, 2.24) is 10.2 Å². The molecule has 27 heavy (non-hydrogen) atoms. The van der Waals surface area contributed by atoms with Crippen molar-refractivity contribution in [1.29, 1.82) is 0 Å². The molecule has 0 aliphatic heterocycles. The molecule has 0 spiro atoms. The lowest BCUT2D eigenvalue weighted by atomic mass is 10.0. The minimum atomic E-state index is -1.01. The predicted molar refractivity (Wildman–Crippen MR) is 109 cm³/mol. The number of nitrogens with one attached hydrogen (secondary N) is 1. The summed E-state index contributed by atoms with van der Waals surface area (Å²) in [6, 6.07) is 14.8. The molecule has 1 unspecified atom stereocenters. The van der Waals surface area contributed by atoms with Gasteiger partial charge in [0.05, 0.1) is 13.2 Å². The Hall–Kier alpha value is -2.24. The van der Waals surface area contributed by atoms with E-state index < -0.39 is 5.60 Å². The van der Waals surface area contributed by atoms with Gasteiger partial charge in [-0.3, -0.25) is 4.79 Å². The van der Waals surface area contributed by atoms with Crippen LogP contribution in [-0.2, 0) is 4.79 Å². The number of hydrogen-bond donors (Lipinski definition) is 1. The monoisotopic (exact) mass is 390 g/mol. The molecular weight excluding hydrogens is 364 g/mol. The normalized spacial score (nSPS) is 12.6. The number of methoxy groups -OCH3 is 1. The Balaban J connectivity index is 2.04. The van der Waals surface area contributed by atoms with Crippen LogP contribution in [0.4, 0.5) is 0 Å². The van der Waals surface area contributed by atoms with Crippen molar-refractivity contribution >= 4 is 17.5 Å². The Morgan fingerprint density at radius 2 is 1.81 bits per heavy atom. The van der Waals surface area contributed by atoms with Crippen LogP contribution in [0, 0.1) is 0 Å². The fraction of sp³-hybridized carbons (Fsp3) is 0.381. The van der Waals surface area contributed by atoms with E-state index in [1.165, 1.54) is 0 Å². The van der Waals surface area contributed by atoms with E-state index in [2.05, 4.69) is 10.2 Å². The van der Waals surface area contributed by atoms with Crippen LogP contribution < -0.4 is 14.8 Å². The molecule has 0 aliphatic carbocycles. The third-order valence-electron chi connectivity index (χ3n) is 4.29. The molecule has 146 valence electrons. The first-order chi connectivity index (χ1) is 12.7. The van der Waals surface area contributed by atoms with Gasteiger partial charge in [0.25, 0.3) is 5.91 Å². The zero-order valence-corrected chi connectivity index (χ0v) is 17.2. The van der Waals surface area contributed by atoms with E-state index in [1.807, 2.05) is 38.4 Å². The lowest BCUT2D eigenvalue weighted by Crippen LogP contribution is -2.48. The first-order valence-electron chi connectivity index (χ1n) is 8.76. The molecule has 1 N–H and O–H groups in total. The Morgan fingerprint density at radius 1 is 1.15 bits per heavy atom. The van der Waals surface area contributed by atoms with E-state index in [9.17, 15) is 4.79 Å². The van der Waals surface area contributed by atoms with Gasteiger partial charge in [0, 0.05) is 11.6 Å². The number of likely N-dealkylation sites (N-methyl/N-ethyl adjacent to an activating group) is 1. The van der Waals surface area contributed by atoms with Crippen molar-refractivity contribution in [3.63, 3.8) is 0 Å². The standard InChI is InChI=1S/C21H27ClN2O3/c1-21(2,27-17-11-9-16(22)10-12-17)20(25)23-14-19(24(3)4)15-7-6-8-18(13-15)26-5/h6-13,19H,14H2,1-5H3,(H,23,25). The zero-order chi connectivity index (χ0) is 20.0. The molecule has 0 bridgehead atoms. The zero-order valence-electron chi connectivity index (χ0n) is 16.5. The lowest BCUT2D eigenvalue weighted by Gasteiger charge is -2.29. The number of nitrogens with zero attached hydrogens (tertiary/aromatic N) is 1. The Bertz CT molecular complexity index is 760. The van der Waals surface area contributed by atoms with Crippen molar-refractivity contribution in [2.24, 2.45) is 0 Å². The van der Waals surface area contributed by atoms with Crippen molar-refractivity contribution < 1.29 is 14.3 Å². The molecule has 6 heteroatoms. The highest BCUT2D eigenvalue weighted by Crippen LogP contribution is 2.24. The topological polar surface area (TPSA) is 50.8 Å². The highest BCUT2D eigenvalue weighted by molar-refractivity contribution is 6.30. The van der Waals surface area contributed by atoms with Crippen molar-refractivity contribution in [2.45, 2.75) is 25.5 Å². The van der Waals surface area contributed by atoms with E-state index in [1.54, 1.807) is 45.2 Å². The van der Waals surface area contributed by atoms with Crippen LogP contribution in [0.3, 0.4) is 0 Å². The van der Waals surface area contributed by atoms with Crippen LogP contribution in [0.5, 0.6) is 11.5 Å². The van der Waals surface area contributed by atoms with Crippen LogP contribution in [-0.4, -0.2) is 44.2 Å². The Kier molecular flexibility index (Phi) is 7.11. The molecule has 1 atom stereocenters. The molecule has 2 aromatic carbocycles. The van der Waals surface area contributed by atoms with Gasteiger partial charge < -0.3 is 19.7 Å². The van der Waals surface area contributed by atoms with Gasteiger partial charge in [-0.25, -0.2) is 0 Å². The summed E-state index contributed by atoms with van der Waals surface area (Å²) < 4.78 is 11.2. The van der Waals surface area contributed by atoms with Crippen LogP contribution in [0.1, 0.15) is 25.5 Å². The summed E-state index contributed by atoms with van der Waals surface area (Å²) in [5.74, 6) is 1.20. The van der Waals surface area contributed by atoms with Crippen LogP contribution >= 0.6 is 11.6 Å². The third-order valence-corrected chi connectivity index (χ3v) is 4.54. The molecule has 0 saturated carbocycles. The minimum Gasteiger partial charge on any atom is -0.497 e. The third kappa shape index (κ3) is 5.88. The molecule has 0 radical (unpaired) electrons. The maximum atomic E-state index is 12.7. The van der Waals surface area contributed by atoms with E-state index in [-0.39, 0.29) is 11.9 Å². The fourth-order valence-electron chi connectivity index (χ4n) is 2.69. The van der Waals surface area contributed by atoms with Gasteiger partial charge in [0.2, 0.25) is 0 Å². The van der Waals surface area contributed by atoms with Crippen molar-refractivity contribution in [3.8, 4) is 11.5 Å². The number of amides is 1. The summed E-state index contributed by atoms with van der Waals surface area (Å²) in [5.41, 5.74) is 0.0510. The summed E-state index contributed by atoms with van der Waals surface area (Å²) >= 11 is 5.89. The quantitative estimate of drug-likeness (QED) is 0.742. The summed E-state index contributed by atoms with van der Waals surface area (Å²) in [5, 5.41) is 3.62. The number of halogens is 1. The molecule has 0 aromatic heterocycles. The van der Waals surface area contributed by atoms with Crippen molar-refractivity contribution in [2.75, 3.05) is 27.7 Å². The number of benzene rings is 2. The maximum Gasteiger partial charge on any atom is 0.263 e. The molecule has 5 nitrogen and oxygen atoms in total. The minimum absolute atomic E-state index is 0.00961. The smallest absolute Gasteiger partial charge is 0.263 e. The second kappa shape index (κ2) is 9.11. The molecule has 0 heterocycles. The number of ether oxygens (including phenoxy) is 2. The van der Waals surface area contributed by atoms with Crippen LogP contribution in [0.25, 0.3) is 0 Å². The molecular formula is C21H27ClN2O3. The van der Waals surface area contributed by atoms with E-state index in [4.69, 9.17) is 21.1 Å². The molecule has 0 fully saturated rings. The number of hydrogen-bond acceptors (Lipinski definition) is 4. The van der Waals surface area contributed by atoms with Gasteiger partial charge in [0.15, 0.2) is 5.60 Å².